The molecule has 2 aliphatic carbocycles. The second-order valence-electron chi connectivity index (χ2n) is 8.03. The van der Waals surface area contributed by atoms with Crippen LogP contribution < -0.4 is 5.73 Å². The van der Waals surface area contributed by atoms with Gasteiger partial charge in [0.05, 0.1) is 0 Å². The highest BCUT2D eigenvalue weighted by molar-refractivity contribution is 5.85. The van der Waals surface area contributed by atoms with E-state index in [2.05, 4.69) is 0 Å². The summed E-state index contributed by atoms with van der Waals surface area (Å²) in [6.07, 6.45) is 7.24. The van der Waals surface area contributed by atoms with E-state index in [0.717, 1.165) is 38.8 Å². The van der Waals surface area contributed by atoms with E-state index in [0.29, 0.717) is 23.8 Å². The van der Waals surface area contributed by atoms with Crippen LogP contribution in [0.15, 0.2) is 0 Å². The Morgan fingerprint density at radius 1 is 0.958 bits per heavy atom. The van der Waals surface area contributed by atoms with Gasteiger partial charge in [0.2, 0.25) is 11.8 Å². The van der Waals surface area contributed by atoms with Gasteiger partial charge in [0.1, 0.15) is 0 Å². The van der Waals surface area contributed by atoms with E-state index in [4.69, 9.17) is 5.73 Å². The number of nitrogens with zero attached hydrogens (tertiary/aromatic N) is 2. The average Bonchev–Trinajstić information content (AvgIpc) is 2.53. The van der Waals surface area contributed by atoms with E-state index in [-0.39, 0.29) is 30.2 Å². The van der Waals surface area contributed by atoms with E-state index in [1.165, 1.54) is 19.3 Å². The second kappa shape index (κ2) is 8.05. The SMILES string of the molecule is CN(C)C(=O)C1CCN(C(=O)C2CC3CCCC(C2)C3N)CC1.Cl. The summed E-state index contributed by atoms with van der Waals surface area (Å²) in [5, 5.41) is 0. The number of carbonyl (C=O) groups excluding carboxylic acids is 2. The van der Waals surface area contributed by atoms with E-state index in [1.807, 2.05) is 19.0 Å². The van der Waals surface area contributed by atoms with E-state index in [1.54, 1.807) is 4.90 Å². The van der Waals surface area contributed by atoms with Gasteiger partial charge in [-0.1, -0.05) is 6.42 Å². The third kappa shape index (κ3) is 3.88. The van der Waals surface area contributed by atoms with Crippen molar-refractivity contribution in [2.75, 3.05) is 27.2 Å². The number of likely N-dealkylation sites (tertiary alicyclic amines) is 1. The van der Waals surface area contributed by atoms with Crippen molar-refractivity contribution in [2.24, 2.45) is 29.4 Å². The highest BCUT2D eigenvalue weighted by atomic mass is 35.5. The molecule has 0 aromatic heterocycles. The predicted octanol–water partition coefficient (Wildman–Crippen LogP) is 1.89. The lowest BCUT2D eigenvalue weighted by Crippen LogP contribution is -2.51. The third-order valence-corrected chi connectivity index (χ3v) is 6.36. The minimum Gasteiger partial charge on any atom is -0.349 e. The molecule has 0 spiro atoms. The van der Waals surface area contributed by atoms with Gasteiger partial charge < -0.3 is 15.5 Å². The van der Waals surface area contributed by atoms with Crippen molar-refractivity contribution in [1.29, 1.82) is 0 Å². The van der Waals surface area contributed by atoms with E-state index in [9.17, 15) is 9.59 Å². The number of nitrogens with two attached hydrogens (primary N) is 1. The highest BCUT2D eigenvalue weighted by Crippen LogP contribution is 2.42. The third-order valence-electron chi connectivity index (χ3n) is 6.36. The lowest BCUT2D eigenvalue weighted by Gasteiger charge is -2.45. The largest absolute Gasteiger partial charge is 0.349 e. The molecule has 1 aliphatic heterocycles. The molecular weight excluding hydrogens is 326 g/mol. The molecule has 2 unspecified atom stereocenters. The Morgan fingerprint density at radius 3 is 2.00 bits per heavy atom. The average molecular weight is 358 g/mol. The van der Waals surface area contributed by atoms with Crippen LogP contribution in [-0.4, -0.2) is 54.8 Å². The molecule has 0 aromatic carbocycles. The summed E-state index contributed by atoms with van der Waals surface area (Å²) in [4.78, 5) is 28.6. The molecule has 2 N–H and O–H groups in total. The van der Waals surface area contributed by atoms with Gasteiger partial charge >= 0.3 is 0 Å². The Labute approximate surface area is 151 Å². The van der Waals surface area contributed by atoms with Crippen LogP contribution in [0, 0.1) is 23.7 Å². The Kier molecular flexibility index (Phi) is 6.54. The zero-order valence-electron chi connectivity index (χ0n) is 14.9. The number of fused-ring (bicyclic) bond motifs is 2. The molecule has 1 saturated heterocycles. The Morgan fingerprint density at radius 2 is 1.50 bits per heavy atom. The molecule has 5 nitrogen and oxygen atoms in total. The fourth-order valence-corrected chi connectivity index (χ4v) is 4.96. The topological polar surface area (TPSA) is 66.6 Å². The van der Waals surface area contributed by atoms with Gasteiger partial charge in [-0.05, 0) is 50.4 Å². The van der Waals surface area contributed by atoms with Crippen LogP contribution >= 0.6 is 12.4 Å². The monoisotopic (exact) mass is 357 g/mol. The molecular formula is C18H32ClN3O2. The van der Waals surface area contributed by atoms with Gasteiger partial charge in [-0.3, -0.25) is 9.59 Å². The van der Waals surface area contributed by atoms with Crippen LogP contribution in [0.25, 0.3) is 0 Å². The van der Waals surface area contributed by atoms with Crippen molar-refractivity contribution in [1.82, 2.24) is 9.80 Å². The minimum atomic E-state index is 0. The van der Waals surface area contributed by atoms with Gasteiger partial charge in [-0.25, -0.2) is 0 Å². The van der Waals surface area contributed by atoms with Crippen molar-refractivity contribution in [3.8, 4) is 0 Å². The van der Waals surface area contributed by atoms with E-state index < -0.39 is 0 Å². The molecule has 2 saturated carbocycles. The predicted molar refractivity (Wildman–Crippen MR) is 96.8 cm³/mol. The standard InChI is InChI=1S/C18H31N3O2.ClH/c1-20(2)17(22)12-6-8-21(9-7-12)18(23)15-10-13-4-3-5-14(11-15)16(13)19;/h12-16H,3-11,19H2,1-2H3;1H. The summed E-state index contributed by atoms with van der Waals surface area (Å²) >= 11 is 0. The van der Waals surface area contributed by atoms with Crippen molar-refractivity contribution in [2.45, 2.75) is 51.0 Å². The number of rotatable bonds is 2. The Balaban J connectivity index is 0.00000208. The molecule has 3 fully saturated rings. The molecule has 1 heterocycles. The van der Waals surface area contributed by atoms with Crippen molar-refractivity contribution >= 4 is 24.2 Å². The first-order valence-electron chi connectivity index (χ1n) is 9.23. The number of hydrogen-bond donors (Lipinski definition) is 1. The lowest BCUT2D eigenvalue weighted by atomic mass is 9.65. The summed E-state index contributed by atoms with van der Waals surface area (Å²) in [5.74, 6) is 1.88. The molecule has 138 valence electrons. The van der Waals surface area contributed by atoms with Crippen LogP contribution in [0.3, 0.4) is 0 Å². The van der Waals surface area contributed by atoms with Gasteiger partial charge in [0, 0.05) is 45.1 Å². The first-order valence-corrected chi connectivity index (χ1v) is 9.23. The summed E-state index contributed by atoms with van der Waals surface area (Å²) in [5.41, 5.74) is 6.34. The number of amides is 2. The molecule has 2 bridgehead atoms. The summed E-state index contributed by atoms with van der Waals surface area (Å²) in [6, 6.07) is 0.316. The van der Waals surface area contributed by atoms with Crippen LogP contribution in [0.2, 0.25) is 0 Å². The van der Waals surface area contributed by atoms with Crippen LogP contribution in [0.4, 0.5) is 0 Å². The van der Waals surface area contributed by atoms with Gasteiger partial charge in [0.25, 0.3) is 0 Å². The fourth-order valence-electron chi connectivity index (χ4n) is 4.96. The van der Waals surface area contributed by atoms with Crippen molar-refractivity contribution in [3.63, 3.8) is 0 Å². The summed E-state index contributed by atoms with van der Waals surface area (Å²) in [7, 11) is 3.62. The number of piperidine rings is 1. The van der Waals surface area contributed by atoms with Gasteiger partial charge in [0.15, 0.2) is 0 Å². The molecule has 6 heteroatoms. The smallest absolute Gasteiger partial charge is 0.225 e. The van der Waals surface area contributed by atoms with Crippen molar-refractivity contribution in [3.05, 3.63) is 0 Å². The first-order chi connectivity index (χ1) is 11.0. The van der Waals surface area contributed by atoms with Crippen LogP contribution in [0.5, 0.6) is 0 Å². The Hall–Kier alpha value is -0.810. The maximum Gasteiger partial charge on any atom is 0.225 e. The fraction of sp³-hybridized carbons (Fsp3) is 0.889. The van der Waals surface area contributed by atoms with E-state index >= 15 is 0 Å². The summed E-state index contributed by atoms with van der Waals surface area (Å²) in [6.45, 7) is 1.47. The highest BCUT2D eigenvalue weighted by Gasteiger charge is 2.42. The maximum absolute atomic E-state index is 12.9. The molecule has 3 aliphatic rings. The second-order valence-corrected chi connectivity index (χ2v) is 8.03. The van der Waals surface area contributed by atoms with Gasteiger partial charge in [-0.2, -0.15) is 0 Å². The van der Waals surface area contributed by atoms with Crippen molar-refractivity contribution < 1.29 is 9.59 Å². The molecule has 0 radical (unpaired) electrons. The molecule has 24 heavy (non-hydrogen) atoms. The number of halogens is 1. The quantitative estimate of drug-likeness (QED) is 0.820. The zero-order valence-corrected chi connectivity index (χ0v) is 15.8. The van der Waals surface area contributed by atoms with Gasteiger partial charge in [-0.15, -0.1) is 12.4 Å². The Bertz CT molecular complexity index is 449. The maximum atomic E-state index is 12.9. The number of hydrogen-bond acceptors (Lipinski definition) is 3. The number of carbonyl (C=O) groups is 2. The molecule has 0 aromatic rings. The normalized spacial score (nSPS) is 33.5. The molecule has 3 rings (SSSR count). The molecule has 2 amide bonds. The lowest BCUT2D eigenvalue weighted by molar-refractivity contribution is -0.143. The minimum absolute atomic E-state index is 0. The summed E-state index contributed by atoms with van der Waals surface area (Å²) < 4.78 is 0. The first kappa shape index (κ1) is 19.5. The van der Waals surface area contributed by atoms with Crippen LogP contribution in [0.1, 0.15) is 44.9 Å². The zero-order chi connectivity index (χ0) is 16.6. The van der Waals surface area contributed by atoms with Crippen LogP contribution in [-0.2, 0) is 9.59 Å². The molecule has 2 atom stereocenters.